The number of methoxy groups -OCH3 is 1. The first-order chi connectivity index (χ1) is 12.2. The fraction of sp³-hybridized carbons (Fsp3) is 0.611. The summed E-state index contributed by atoms with van der Waals surface area (Å²) in [5, 5.41) is 2.90. The predicted molar refractivity (Wildman–Crippen MR) is 99.7 cm³/mol. The molecule has 8 heteroatoms. The van der Waals surface area contributed by atoms with E-state index in [1.807, 2.05) is 32.0 Å². The second kappa shape index (κ2) is 8.73. The van der Waals surface area contributed by atoms with E-state index < -0.39 is 10.0 Å². The number of rotatable bonds is 7. The van der Waals surface area contributed by atoms with Gasteiger partial charge in [0.25, 0.3) is 0 Å². The zero-order valence-corrected chi connectivity index (χ0v) is 16.6. The first kappa shape index (κ1) is 20.5. The maximum Gasteiger partial charge on any atom is 0.224 e. The molecule has 0 aliphatic carbocycles. The Labute approximate surface area is 155 Å². The number of hydrogen-bond acceptors (Lipinski definition) is 5. The molecule has 0 radical (unpaired) electrons. The standard InChI is InChI=1S/C18H28N2O5S/c1-13(2)25-16-8-7-14(10-17(16)24-3)11-19-18(21)15-6-5-9-20(12-15)26(4,22)23/h7-8,10,13,15H,5-6,9,11-12H2,1-4H3,(H,19,21). The Balaban J connectivity index is 1.96. The molecule has 1 amide bonds. The highest BCUT2D eigenvalue weighted by Crippen LogP contribution is 2.29. The highest BCUT2D eigenvalue weighted by molar-refractivity contribution is 7.88. The molecule has 146 valence electrons. The molecule has 0 bridgehead atoms. The average molecular weight is 384 g/mol. The number of amides is 1. The van der Waals surface area contributed by atoms with E-state index in [9.17, 15) is 13.2 Å². The number of ether oxygens (including phenoxy) is 2. The third-order valence-electron chi connectivity index (χ3n) is 4.28. The number of piperidine rings is 1. The van der Waals surface area contributed by atoms with Crippen LogP contribution in [0.15, 0.2) is 18.2 Å². The van der Waals surface area contributed by atoms with Gasteiger partial charge < -0.3 is 14.8 Å². The van der Waals surface area contributed by atoms with Crippen LogP contribution in [-0.2, 0) is 21.4 Å². The summed E-state index contributed by atoms with van der Waals surface area (Å²) in [6.07, 6.45) is 2.61. The minimum Gasteiger partial charge on any atom is -0.493 e. The highest BCUT2D eigenvalue weighted by atomic mass is 32.2. The lowest BCUT2D eigenvalue weighted by atomic mass is 9.98. The zero-order chi connectivity index (χ0) is 19.3. The van der Waals surface area contributed by atoms with E-state index in [4.69, 9.17) is 9.47 Å². The molecule has 1 aromatic carbocycles. The molecule has 1 unspecified atom stereocenters. The molecule has 0 aromatic heterocycles. The van der Waals surface area contributed by atoms with Gasteiger partial charge in [-0.3, -0.25) is 4.79 Å². The maximum absolute atomic E-state index is 12.4. The van der Waals surface area contributed by atoms with E-state index in [-0.39, 0.29) is 24.5 Å². The van der Waals surface area contributed by atoms with Crippen molar-refractivity contribution in [3.8, 4) is 11.5 Å². The van der Waals surface area contributed by atoms with E-state index in [0.29, 0.717) is 37.4 Å². The maximum atomic E-state index is 12.4. The van der Waals surface area contributed by atoms with Crippen LogP contribution in [0, 0.1) is 5.92 Å². The van der Waals surface area contributed by atoms with Crippen LogP contribution in [0.5, 0.6) is 11.5 Å². The minimum atomic E-state index is -3.26. The Morgan fingerprint density at radius 3 is 2.69 bits per heavy atom. The normalized spacial score (nSPS) is 18.6. The molecule has 2 rings (SSSR count). The van der Waals surface area contributed by atoms with Crippen LogP contribution in [0.25, 0.3) is 0 Å². The van der Waals surface area contributed by atoms with Crippen molar-refractivity contribution in [2.75, 3.05) is 26.5 Å². The SMILES string of the molecule is COc1cc(CNC(=O)C2CCCN(S(C)(=O)=O)C2)ccc1OC(C)C. The van der Waals surface area contributed by atoms with Crippen LogP contribution in [-0.4, -0.2) is 51.2 Å². The van der Waals surface area contributed by atoms with Crippen molar-refractivity contribution in [3.05, 3.63) is 23.8 Å². The molecule has 1 aliphatic rings. The second-order valence-corrected chi connectivity index (χ2v) is 8.81. The topological polar surface area (TPSA) is 84.9 Å². The van der Waals surface area contributed by atoms with E-state index in [0.717, 1.165) is 5.56 Å². The molecule has 1 fully saturated rings. The molecule has 1 saturated heterocycles. The third kappa shape index (κ3) is 5.60. The second-order valence-electron chi connectivity index (χ2n) is 6.83. The molecular formula is C18H28N2O5S. The van der Waals surface area contributed by atoms with Gasteiger partial charge in [-0.05, 0) is 44.4 Å². The number of nitrogens with one attached hydrogen (secondary N) is 1. The Hall–Kier alpha value is -1.80. The van der Waals surface area contributed by atoms with Gasteiger partial charge in [0.05, 0.1) is 25.4 Å². The van der Waals surface area contributed by atoms with Gasteiger partial charge in [-0.25, -0.2) is 12.7 Å². The highest BCUT2D eigenvalue weighted by Gasteiger charge is 2.29. The van der Waals surface area contributed by atoms with Gasteiger partial charge in [-0.15, -0.1) is 0 Å². The number of carbonyl (C=O) groups is 1. The fourth-order valence-corrected chi connectivity index (χ4v) is 3.88. The largest absolute Gasteiger partial charge is 0.493 e. The summed E-state index contributed by atoms with van der Waals surface area (Å²) in [4.78, 5) is 12.4. The Morgan fingerprint density at radius 2 is 2.08 bits per heavy atom. The molecule has 26 heavy (non-hydrogen) atoms. The van der Waals surface area contributed by atoms with Crippen molar-refractivity contribution in [2.45, 2.75) is 39.3 Å². The average Bonchev–Trinajstić information content (AvgIpc) is 2.59. The summed E-state index contributed by atoms with van der Waals surface area (Å²) in [7, 11) is -1.68. The molecule has 0 saturated carbocycles. The molecule has 1 aromatic rings. The molecule has 1 aliphatic heterocycles. The van der Waals surface area contributed by atoms with Crippen LogP contribution in [0.1, 0.15) is 32.3 Å². The van der Waals surface area contributed by atoms with E-state index in [2.05, 4.69) is 5.32 Å². The van der Waals surface area contributed by atoms with Crippen molar-refractivity contribution in [1.29, 1.82) is 0 Å². The molecule has 7 nitrogen and oxygen atoms in total. The molecule has 1 N–H and O–H groups in total. The van der Waals surface area contributed by atoms with Crippen LogP contribution in [0.3, 0.4) is 0 Å². The van der Waals surface area contributed by atoms with Gasteiger partial charge in [0.1, 0.15) is 0 Å². The summed E-state index contributed by atoms with van der Waals surface area (Å²) < 4.78 is 35.8. The van der Waals surface area contributed by atoms with Crippen LogP contribution in [0.4, 0.5) is 0 Å². The summed E-state index contributed by atoms with van der Waals surface area (Å²) >= 11 is 0. The van der Waals surface area contributed by atoms with Gasteiger partial charge in [0, 0.05) is 19.6 Å². The summed E-state index contributed by atoms with van der Waals surface area (Å²) in [6, 6.07) is 5.54. The quantitative estimate of drug-likeness (QED) is 0.774. The lowest BCUT2D eigenvalue weighted by Gasteiger charge is -2.30. The molecule has 1 atom stereocenters. The monoisotopic (exact) mass is 384 g/mol. The molecule has 0 spiro atoms. The number of hydrogen-bond donors (Lipinski definition) is 1. The number of benzene rings is 1. The third-order valence-corrected chi connectivity index (χ3v) is 5.55. The number of sulfonamides is 1. The van der Waals surface area contributed by atoms with Crippen molar-refractivity contribution >= 4 is 15.9 Å². The van der Waals surface area contributed by atoms with Gasteiger partial charge in [0.2, 0.25) is 15.9 Å². The molecular weight excluding hydrogens is 356 g/mol. The fourth-order valence-electron chi connectivity index (χ4n) is 2.96. The summed E-state index contributed by atoms with van der Waals surface area (Å²) in [5.41, 5.74) is 0.891. The predicted octanol–water partition coefficient (Wildman–Crippen LogP) is 1.77. The van der Waals surface area contributed by atoms with Gasteiger partial charge in [-0.2, -0.15) is 0 Å². The van der Waals surface area contributed by atoms with E-state index in [1.54, 1.807) is 7.11 Å². The Bertz CT molecular complexity index is 733. The van der Waals surface area contributed by atoms with Crippen molar-refractivity contribution in [2.24, 2.45) is 5.92 Å². The summed E-state index contributed by atoms with van der Waals surface area (Å²) in [5.74, 6) is 0.837. The van der Waals surface area contributed by atoms with Gasteiger partial charge in [0.15, 0.2) is 11.5 Å². The Morgan fingerprint density at radius 1 is 1.35 bits per heavy atom. The molecule has 1 heterocycles. The van der Waals surface area contributed by atoms with Gasteiger partial charge in [-0.1, -0.05) is 6.07 Å². The van der Waals surface area contributed by atoms with Crippen LogP contribution in [0.2, 0.25) is 0 Å². The first-order valence-corrected chi connectivity index (χ1v) is 10.6. The Kier molecular flexibility index (Phi) is 6.88. The van der Waals surface area contributed by atoms with E-state index in [1.165, 1.54) is 10.6 Å². The lowest BCUT2D eigenvalue weighted by Crippen LogP contribution is -2.44. The zero-order valence-electron chi connectivity index (χ0n) is 15.8. The van der Waals surface area contributed by atoms with Gasteiger partial charge >= 0.3 is 0 Å². The lowest BCUT2D eigenvalue weighted by molar-refractivity contribution is -0.126. The number of carbonyl (C=O) groups excluding carboxylic acids is 1. The van der Waals surface area contributed by atoms with Crippen molar-refractivity contribution in [1.82, 2.24) is 9.62 Å². The van der Waals surface area contributed by atoms with Crippen molar-refractivity contribution < 1.29 is 22.7 Å². The minimum absolute atomic E-state index is 0.0403. The smallest absolute Gasteiger partial charge is 0.224 e. The van der Waals surface area contributed by atoms with Crippen molar-refractivity contribution in [3.63, 3.8) is 0 Å². The first-order valence-electron chi connectivity index (χ1n) is 8.77. The van der Waals surface area contributed by atoms with E-state index >= 15 is 0 Å². The van der Waals surface area contributed by atoms with Crippen LogP contribution >= 0.6 is 0 Å². The van der Waals surface area contributed by atoms with Crippen LogP contribution < -0.4 is 14.8 Å². The number of nitrogens with zero attached hydrogens (tertiary/aromatic N) is 1. The summed E-state index contributed by atoms with van der Waals surface area (Å²) in [6.45, 7) is 4.97.